The predicted octanol–water partition coefficient (Wildman–Crippen LogP) is 1.44. The number of H-pyrrole nitrogens is 1. The Morgan fingerprint density at radius 1 is 1.38 bits per heavy atom. The zero-order chi connectivity index (χ0) is 15.4. The predicted molar refractivity (Wildman–Crippen MR) is 74.2 cm³/mol. The van der Waals surface area contributed by atoms with Crippen LogP contribution in [0.1, 0.15) is 21.6 Å². The van der Waals surface area contributed by atoms with Gasteiger partial charge in [0.05, 0.1) is 17.4 Å². The van der Waals surface area contributed by atoms with E-state index < -0.39 is 12.0 Å². The van der Waals surface area contributed by atoms with Crippen molar-refractivity contribution in [3.63, 3.8) is 0 Å². The average molecular weight is 290 g/mol. The molecule has 0 aliphatic carbocycles. The van der Waals surface area contributed by atoms with Gasteiger partial charge in [-0.05, 0) is 25.1 Å². The molecule has 0 fully saturated rings. The molecule has 0 saturated heterocycles. The van der Waals surface area contributed by atoms with Gasteiger partial charge in [-0.1, -0.05) is 0 Å². The highest BCUT2D eigenvalue weighted by molar-refractivity contribution is 5.93. The standard InChI is InChI=1S/C13H14N4O4/c1-7-9(6-15-17-7)5-14-13(21)16-10-3-2-8(12(19)20)4-11(10)18/h2-4,6,18H,5H2,1H3,(H,15,17)(H,19,20)(H2,14,16,21). The van der Waals surface area contributed by atoms with E-state index in [2.05, 4.69) is 20.8 Å². The molecule has 5 N–H and O–H groups in total. The fraction of sp³-hybridized carbons (Fsp3) is 0.154. The minimum atomic E-state index is -1.16. The second-order valence-electron chi connectivity index (χ2n) is 4.36. The molecule has 1 heterocycles. The Morgan fingerprint density at radius 2 is 2.14 bits per heavy atom. The zero-order valence-electron chi connectivity index (χ0n) is 11.2. The Kier molecular flexibility index (Phi) is 4.07. The lowest BCUT2D eigenvalue weighted by molar-refractivity contribution is 0.0696. The summed E-state index contributed by atoms with van der Waals surface area (Å²) >= 11 is 0. The smallest absolute Gasteiger partial charge is 0.335 e. The van der Waals surface area contributed by atoms with Gasteiger partial charge in [0.25, 0.3) is 0 Å². The van der Waals surface area contributed by atoms with E-state index in [1.165, 1.54) is 12.1 Å². The number of nitrogens with one attached hydrogen (secondary N) is 3. The minimum Gasteiger partial charge on any atom is -0.506 e. The summed E-state index contributed by atoms with van der Waals surface area (Å²) in [6, 6.07) is 3.16. The summed E-state index contributed by atoms with van der Waals surface area (Å²) in [7, 11) is 0. The van der Waals surface area contributed by atoms with Gasteiger partial charge in [0.15, 0.2) is 0 Å². The number of carbonyl (C=O) groups is 2. The molecule has 2 aromatic rings. The van der Waals surface area contributed by atoms with E-state index in [4.69, 9.17) is 5.11 Å². The largest absolute Gasteiger partial charge is 0.506 e. The van der Waals surface area contributed by atoms with Crippen LogP contribution < -0.4 is 10.6 Å². The number of aryl methyl sites for hydroxylation is 1. The third kappa shape index (κ3) is 3.50. The molecule has 2 amide bonds. The Bertz CT molecular complexity index is 681. The molecule has 8 heteroatoms. The number of aromatic hydroxyl groups is 1. The lowest BCUT2D eigenvalue weighted by Crippen LogP contribution is -2.28. The van der Waals surface area contributed by atoms with Gasteiger partial charge < -0.3 is 20.8 Å². The fourth-order valence-corrected chi connectivity index (χ4v) is 1.67. The van der Waals surface area contributed by atoms with Crippen molar-refractivity contribution in [3.8, 4) is 5.75 Å². The number of aromatic amines is 1. The zero-order valence-corrected chi connectivity index (χ0v) is 11.2. The Morgan fingerprint density at radius 3 is 2.71 bits per heavy atom. The van der Waals surface area contributed by atoms with Crippen LogP contribution in [-0.4, -0.2) is 32.4 Å². The maximum absolute atomic E-state index is 11.7. The fourth-order valence-electron chi connectivity index (χ4n) is 1.67. The first-order chi connectivity index (χ1) is 9.97. The molecule has 110 valence electrons. The van der Waals surface area contributed by atoms with Gasteiger partial charge in [0, 0.05) is 17.8 Å². The lowest BCUT2D eigenvalue weighted by atomic mass is 10.2. The summed E-state index contributed by atoms with van der Waals surface area (Å²) in [5, 5.41) is 30.1. The molecule has 0 spiro atoms. The number of aromatic carboxylic acids is 1. The maximum Gasteiger partial charge on any atom is 0.335 e. The number of hydrogen-bond donors (Lipinski definition) is 5. The first kappa shape index (κ1) is 14.4. The number of urea groups is 1. The first-order valence-corrected chi connectivity index (χ1v) is 6.07. The summed E-state index contributed by atoms with van der Waals surface area (Å²) in [6.45, 7) is 2.11. The second kappa shape index (κ2) is 5.95. The Labute approximate surface area is 119 Å². The van der Waals surface area contributed by atoms with E-state index in [9.17, 15) is 14.7 Å². The van der Waals surface area contributed by atoms with E-state index in [-0.39, 0.29) is 23.5 Å². The summed E-state index contributed by atoms with van der Waals surface area (Å²) in [5.74, 6) is -1.47. The molecule has 1 aromatic heterocycles. The summed E-state index contributed by atoms with van der Waals surface area (Å²) in [6.07, 6.45) is 1.61. The van der Waals surface area contributed by atoms with Crippen molar-refractivity contribution < 1.29 is 19.8 Å². The van der Waals surface area contributed by atoms with E-state index in [0.29, 0.717) is 0 Å². The van der Waals surface area contributed by atoms with Crippen LogP contribution in [-0.2, 0) is 6.54 Å². The molecule has 0 radical (unpaired) electrons. The third-order valence-electron chi connectivity index (χ3n) is 2.87. The van der Waals surface area contributed by atoms with E-state index in [1.807, 2.05) is 6.92 Å². The number of carbonyl (C=O) groups excluding carboxylic acids is 1. The molecular weight excluding hydrogens is 276 g/mol. The van der Waals surface area contributed by atoms with Crippen LogP contribution >= 0.6 is 0 Å². The second-order valence-corrected chi connectivity index (χ2v) is 4.36. The molecule has 0 unspecified atom stereocenters. The van der Waals surface area contributed by atoms with Crippen molar-refractivity contribution in [2.45, 2.75) is 13.5 Å². The van der Waals surface area contributed by atoms with Gasteiger partial charge in [0.1, 0.15) is 5.75 Å². The minimum absolute atomic E-state index is 0.0625. The van der Waals surface area contributed by atoms with Crippen LogP contribution in [0.15, 0.2) is 24.4 Å². The quantitative estimate of drug-likeness (QED) is 0.544. The topological polar surface area (TPSA) is 127 Å². The number of hydrogen-bond acceptors (Lipinski definition) is 4. The monoisotopic (exact) mass is 290 g/mol. The molecule has 0 saturated carbocycles. The molecule has 2 rings (SSSR count). The van der Waals surface area contributed by atoms with Crippen LogP contribution in [0.4, 0.5) is 10.5 Å². The number of benzene rings is 1. The number of phenols is 1. The van der Waals surface area contributed by atoms with Crippen molar-refractivity contribution >= 4 is 17.7 Å². The van der Waals surface area contributed by atoms with Gasteiger partial charge in [0.2, 0.25) is 0 Å². The van der Waals surface area contributed by atoms with Crippen molar-refractivity contribution in [2.75, 3.05) is 5.32 Å². The molecule has 0 bridgehead atoms. The highest BCUT2D eigenvalue weighted by atomic mass is 16.4. The maximum atomic E-state index is 11.7. The van der Waals surface area contributed by atoms with Crippen molar-refractivity contribution in [2.24, 2.45) is 0 Å². The van der Waals surface area contributed by atoms with Gasteiger partial charge in [-0.25, -0.2) is 9.59 Å². The van der Waals surface area contributed by atoms with Gasteiger partial charge in [-0.3, -0.25) is 5.10 Å². The number of amides is 2. The molecule has 21 heavy (non-hydrogen) atoms. The normalized spacial score (nSPS) is 10.1. The highest BCUT2D eigenvalue weighted by Crippen LogP contribution is 2.24. The molecule has 0 aliphatic rings. The van der Waals surface area contributed by atoms with Crippen LogP contribution in [0.5, 0.6) is 5.75 Å². The van der Waals surface area contributed by atoms with Gasteiger partial charge >= 0.3 is 12.0 Å². The average Bonchev–Trinajstić information content (AvgIpc) is 2.84. The number of anilines is 1. The molecule has 0 atom stereocenters. The van der Waals surface area contributed by atoms with Crippen molar-refractivity contribution in [3.05, 3.63) is 41.2 Å². The number of phenolic OH excluding ortho intramolecular Hbond substituents is 1. The summed E-state index contributed by atoms with van der Waals surface area (Å²) in [5.41, 5.74) is 1.76. The van der Waals surface area contributed by atoms with Crippen LogP contribution in [0.3, 0.4) is 0 Å². The number of rotatable bonds is 4. The van der Waals surface area contributed by atoms with Gasteiger partial charge in [-0.15, -0.1) is 0 Å². The van der Waals surface area contributed by atoms with Crippen LogP contribution in [0.25, 0.3) is 0 Å². The third-order valence-corrected chi connectivity index (χ3v) is 2.87. The van der Waals surface area contributed by atoms with E-state index in [0.717, 1.165) is 17.3 Å². The highest BCUT2D eigenvalue weighted by Gasteiger charge is 2.10. The van der Waals surface area contributed by atoms with Gasteiger partial charge in [-0.2, -0.15) is 5.10 Å². The SMILES string of the molecule is Cc1[nH]ncc1CNC(=O)Nc1ccc(C(=O)O)cc1O. The lowest BCUT2D eigenvalue weighted by Gasteiger charge is -2.09. The van der Waals surface area contributed by atoms with Crippen LogP contribution in [0.2, 0.25) is 0 Å². The number of nitrogens with zero attached hydrogens (tertiary/aromatic N) is 1. The Balaban J connectivity index is 1.96. The Hall–Kier alpha value is -3.03. The van der Waals surface area contributed by atoms with Crippen molar-refractivity contribution in [1.29, 1.82) is 0 Å². The number of carboxylic acid groups (broad SMARTS) is 1. The summed E-state index contributed by atoms with van der Waals surface area (Å²) < 4.78 is 0. The first-order valence-electron chi connectivity index (χ1n) is 6.07. The molecular formula is C13H14N4O4. The summed E-state index contributed by atoms with van der Waals surface area (Å²) in [4.78, 5) is 22.4. The number of aromatic nitrogens is 2. The van der Waals surface area contributed by atoms with Crippen LogP contribution in [0, 0.1) is 6.92 Å². The molecule has 1 aromatic carbocycles. The molecule has 0 aliphatic heterocycles. The van der Waals surface area contributed by atoms with E-state index >= 15 is 0 Å². The van der Waals surface area contributed by atoms with E-state index in [1.54, 1.807) is 6.20 Å². The molecule has 8 nitrogen and oxygen atoms in total. The van der Waals surface area contributed by atoms with Crippen molar-refractivity contribution in [1.82, 2.24) is 15.5 Å². The number of carboxylic acids is 1.